The minimum absolute atomic E-state index is 0.0565. The fourth-order valence-corrected chi connectivity index (χ4v) is 3.11. The lowest BCUT2D eigenvalue weighted by molar-refractivity contribution is 0.0695. The van der Waals surface area contributed by atoms with E-state index >= 15 is 4.39 Å². The fraction of sp³-hybridized carbons (Fsp3) is 0.375. The number of carboxylic acid groups (broad SMARTS) is 1. The van der Waals surface area contributed by atoms with Gasteiger partial charge < -0.3 is 25.6 Å². The van der Waals surface area contributed by atoms with E-state index in [4.69, 9.17) is 5.73 Å². The van der Waals surface area contributed by atoms with Crippen LogP contribution in [0.15, 0.2) is 17.1 Å². The summed E-state index contributed by atoms with van der Waals surface area (Å²) in [5.41, 5.74) is 5.33. The topological polar surface area (TPSA) is 101 Å². The molecular weight excluding hydrogens is 315 g/mol. The molecule has 1 fully saturated rings. The molecule has 1 aromatic heterocycles. The van der Waals surface area contributed by atoms with Crippen LogP contribution < -0.4 is 21.4 Å². The molecule has 0 unspecified atom stereocenters. The van der Waals surface area contributed by atoms with Crippen molar-refractivity contribution in [3.8, 4) is 0 Å². The zero-order valence-electron chi connectivity index (χ0n) is 13.3. The minimum atomic E-state index is -1.35. The molecule has 8 heteroatoms. The van der Waals surface area contributed by atoms with Gasteiger partial charge in [0.1, 0.15) is 5.56 Å². The second-order valence-corrected chi connectivity index (χ2v) is 5.72. The van der Waals surface area contributed by atoms with E-state index in [2.05, 4.69) is 5.32 Å². The average Bonchev–Trinajstić information content (AvgIpc) is 2.58. The second kappa shape index (κ2) is 6.12. The lowest BCUT2D eigenvalue weighted by Gasteiger charge is -2.30. The Morgan fingerprint density at radius 2 is 2.08 bits per heavy atom. The Morgan fingerprint density at radius 3 is 2.67 bits per heavy atom. The van der Waals surface area contributed by atoms with Crippen molar-refractivity contribution in [2.75, 3.05) is 36.8 Å². The molecule has 128 valence electrons. The van der Waals surface area contributed by atoms with Gasteiger partial charge in [-0.1, -0.05) is 0 Å². The SMILES string of the molecule is CCn1cc(C(=O)O)c(=O)c2c(N)cc(N3CCNCC3)c(F)c21. The number of hydrogen-bond acceptors (Lipinski definition) is 5. The number of hydrogen-bond donors (Lipinski definition) is 3. The highest BCUT2D eigenvalue weighted by molar-refractivity contribution is 5.99. The Morgan fingerprint density at radius 1 is 1.42 bits per heavy atom. The van der Waals surface area contributed by atoms with Crippen molar-refractivity contribution < 1.29 is 14.3 Å². The predicted molar refractivity (Wildman–Crippen MR) is 90.3 cm³/mol. The van der Waals surface area contributed by atoms with Gasteiger partial charge in [0.15, 0.2) is 5.82 Å². The standard InChI is InChI=1S/C16H19FN4O3/c1-2-20-8-9(16(23)24)15(22)12-10(18)7-11(13(17)14(12)20)21-5-3-19-4-6-21/h7-8,19H,2-6,18H2,1H3,(H,23,24). The van der Waals surface area contributed by atoms with E-state index in [0.29, 0.717) is 25.3 Å². The molecule has 2 heterocycles. The van der Waals surface area contributed by atoms with Gasteiger partial charge in [0, 0.05) is 44.6 Å². The minimum Gasteiger partial charge on any atom is -0.477 e. The van der Waals surface area contributed by atoms with Crippen LogP contribution >= 0.6 is 0 Å². The summed E-state index contributed by atoms with van der Waals surface area (Å²) in [5.74, 6) is -1.90. The lowest BCUT2D eigenvalue weighted by atomic mass is 10.1. The van der Waals surface area contributed by atoms with Crippen LogP contribution in [0.5, 0.6) is 0 Å². The summed E-state index contributed by atoms with van der Waals surface area (Å²) in [7, 11) is 0. The molecule has 0 aliphatic carbocycles. The average molecular weight is 334 g/mol. The summed E-state index contributed by atoms with van der Waals surface area (Å²) in [5, 5.41) is 12.3. The number of halogens is 1. The number of nitrogens with two attached hydrogens (primary N) is 1. The van der Waals surface area contributed by atoms with Gasteiger partial charge in [0.2, 0.25) is 5.43 Å². The lowest BCUT2D eigenvalue weighted by Crippen LogP contribution is -2.44. The van der Waals surface area contributed by atoms with E-state index in [1.165, 1.54) is 16.8 Å². The third-order valence-corrected chi connectivity index (χ3v) is 4.32. The number of carbonyl (C=O) groups is 1. The van der Waals surface area contributed by atoms with Gasteiger partial charge in [0.05, 0.1) is 16.6 Å². The smallest absolute Gasteiger partial charge is 0.341 e. The van der Waals surface area contributed by atoms with E-state index < -0.39 is 22.8 Å². The van der Waals surface area contributed by atoms with E-state index in [-0.39, 0.29) is 16.6 Å². The van der Waals surface area contributed by atoms with Gasteiger partial charge in [-0.15, -0.1) is 0 Å². The number of fused-ring (bicyclic) bond motifs is 1. The summed E-state index contributed by atoms with van der Waals surface area (Å²) >= 11 is 0. The van der Waals surface area contributed by atoms with Gasteiger partial charge in [0.25, 0.3) is 0 Å². The summed E-state index contributed by atoms with van der Waals surface area (Å²) in [4.78, 5) is 25.6. The molecule has 1 aliphatic rings. The molecule has 2 aromatic rings. The maximum absolute atomic E-state index is 15.2. The Bertz CT molecular complexity index is 872. The highest BCUT2D eigenvalue weighted by atomic mass is 19.1. The predicted octanol–water partition coefficient (Wildman–Crippen LogP) is 0.851. The van der Waals surface area contributed by atoms with E-state index in [9.17, 15) is 14.7 Å². The zero-order chi connectivity index (χ0) is 17.4. The summed E-state index contributed by atoms with van der Waals surface area (Å²) < 4.78 is 16.6. The summed E-state index contributed by atoms with van der Waals surface area (Å²) in [6.45, 7) is 4.80. The van der Waals surface area contributed by atoms with E-state index in [0.717, 1.165) is 13.1 Å². The molecule has 3 rings (SSSR count). The zero-order valence-corrected chi connectivity index (χ0v) is 13.3. The van der Waals surface area contributed by atoms with Crippen molar-refractivity contribution in [1.29, 1.82) is 0 Å². The van der Waals surface area contributed by atoms with Crippen LogP contribution in [0, 0.1) is 5.82 Å². The number of pyridine rings is 1. The van der Waals surface area contributed by atoms with Crippen molar-refractivity contribution in [1.82, 2.24) is 9.88 Å². The normalized spacial score (nSPS) is 15.0. The number of aromatic carboxylic acids is 1. The Hall–Kier alpha value is -2.61. The first-order chi connectivity index (χ1) is 11.5. The monoisotopic (exact) mass is 334 g/mol. The Labute approximate surface area is 137 Å². The summed E-state index contributed by atoms with van der Waals surface area (Å²) in [6.07, 6.45) is 1.18. The molecule has 0 atom stereocenters. The van der Waals surface area contributed by atoms with Crippen LogP contribution in [0.4, 0.5) is 15.8 Å². The van der Waals surface area contributed by atoms with Crippen LogP contribution in [0.3, 0.4) is 0 Å². The Kier molecular flexibility index (Phi) is 4.15. The second-order valence-electron chi connectivity index (χ2n) is 5.72. The van der Waals surface area contributed by atoms with Crippen LogP contribution in [-0.4, -0.2) is 41.8 Å². The van der Waals surface area contributed by atoms with Gasteiger partial charge in [-0.2, -0.15) is 0 Å². The van der Waals surface area contributed by atoms with Crippen molar-refractivity contribution in [2.45, 2.75) is 13.5 Å². The first kappa shape index (κ1) is 16.3. The molecule has 1 aromatic carbocycles. The molecule has 0 radical (unpaired) electrons. The first-order valence-electron chi connectivity index (χ1n) is 7.79. The molecule has 1 saturated heterocycles. The van der Waals surface area contributed by atoms with Gasteiger partial charge in [-0.25, -0.2) is 9.18 Å². The Balaban J connectivity index is 2.34. The first-order valence-corrected chi connectivity index (χ1v) is 7.79. The van der Waals surface area contributed by atoms with Crippen molar-refractivity contribution in [3.05, 3.63) is 33.9 Å². The maximum Gasteiger partial charge on any atom is 0.341 e. The third-order valence-electron chi connectivity index (χ3n) is 4.32. The fourth-order valence-electron chi connectivity index (χ4n) is 3.11. The number of rotatable bonds is 3. The van der Waals surface area contributed by atoms with Crippen molar-refractivity contribution in [3.63, 3.8) is 0 Å². The molecule has 0 spiro atoms. The van der Waals surface area contributed by atoms with Crippen molar-refractivity contribution >= 4 is 28.2 Å². The van der Waals surface area contributed by atoms with Gasteiger partial charge in [-0.05, 0) is 13.0 Å². The number of aromatic nitrogens is 1. The molecule has 7 nitrogen and oxygen atoms in total. The largest absolute Gasteiger partial charge is 0.477 e. The number of nitrogens with zero attached hydrogens (tertiary/aromatic N) is 2. The highest BCUT2D eigenvalue weighted by Gasteiger charge is 2.23. The van der Waals surface area contributed by atoms with Gasteiger partial charge in [-0.3, -0.25) is 4.79 Å². The maximum atomic E-state index is 15.2. The van der Waals surface area contributed by atoms with Crippen molar-refractivity contribution in [2.24, 2.45) is 0 Å². The highest BCUT2D eigenvalue weighted by Crippen LogP contribution is 2.31. The van der Waals surface area contributed by atoms with Crippen LogP contribution in [0.1, 0.15) is 17.3 Å². The number of benzene rings is 1. The van der Waals surface area contributed by atoms with E-state index in [1.54, 1.807) is 6.92 Å². The molecule has 1 aliphatic heterocycles. The number of carboxylic acids is 1. The quantitative estimate of drug-likeness (QED) is 0.720. The van der Waals surface area contributed by atoms with E-state index in [1.807, 2.05) is 4.90 Å². The molecule has 0 bridgehead atoms. The third kappa shape index (κ3) is 2.48. The van der Waals surface area contributed by atoms with Gasteiger partial charge >= 0.3 is 5.97 Å². The summed E-state index contributed by atoms with van der Waals surface area (Å²) in [6, 6.07) is 1.43. The molecule has 4 N–H and O–H groups in total. The number of piperazine rings is 1. The number of aryl methyl sites for hydroxylation is 1. The number of anilines is 2. The van der Waals surface area contributed by atoms with Crippen LogP contribution in [0.25, 0.3) is 10.9 Å². The number of nitrogens with one attached hydrogen (secondary N) is 1. The number of nitrogen functional groups attached to an aromatic ring is 1. The molecule has 24 heavy (non-hydrogen) atoms. The molecule has 0 amide bonds. The van der Waals surface area contributed by atoms with Crippen LogP contribution in [0.2, 0.25) is 0 Å². The molecular formula is C16H19FN4O3. The molecule has 0 saturated carbocycles. The van der Waals surface area contributed by atoms with Crippen LogP contribution in [-0.2, 0) is 6.54 Å².